The summed E-state index contributed by atoms with van der Waals surface area (Å²) in [6.07, 6.45) is 4.09. The summed E-state index contributed by atoms with van der Waals surface area (Å²) in [6.45, 7) is 8.92. The zero-order valence-electron chi connectivity index (χ0n) is 17.6. The maximum atomic E-state index is 5.73. The lowest BCUT2D eigenvalue weighted by Crippen LogP contribution is -2.49. The molecule has 156 valence electrons. The van der Waals surface area contributed by atoms with Gasteiger partial charge in [0, 0.05) is 31.9 Å². The lowest BCUT2D eigenvalue weighted by Gasteiger charge is -2.33. The molecule has 2 heterocycles. The molecule has 0 spiro atoms. The summed E-state index contributed by atoms with van der Waals surface area (Å²) in [4.78, 5) is 11.6. The average molecular weight is 396 g/mol. The van der Waals surface area contributed by atoms with E-state index in [2.05, 4.69) is 63.6 Å². The van der Waals surface area contributed by atoms with E-state index in [0.717, 1.165) is 44.3 Å². The van der Waals surface area contributed by atoms with Crippen molar-refractivity contribution < 1.29 is 4.74 Å². The molecule has 29 heavy (non-hydrogen) atoms. The predicted octanol–water partition coefficient (Wildman–Crippen LogP) is 3.13. The summed E-state index contributed by atoms with van der Waals surface area (Å²) in [6, 6.07) is 14.9. The molecular formula is C23H33N5O. The van der Waals surface area contributed by atoms with Crippen molar-refractivity contribution in [1.82, 2.24) is 15.6 Å². The summed E-state index contributed by atoms with van der Waals surface area (Å²) in [5, 5.41) is 6.93. The Morgan fingerprint density at radius 2 is 1.97 bits per heavy atom. The number of nitrogens with zero attached hydrogens (tertiary/aromatic N) is 3. The predicted molar refractivity (Wildman–Crippen MR) is 119 cm³/mol. The number of pyridine rings is 1. The molecule has 6 nitrogen and oxygen atoms in total. The van der Waals surface area contributed by atoms with Crippen LogP contribution in [0.1, 0.15) is 30.9 Å². The number of anilines is 1. The monoisotopic (exact) mass is 395 g/mol. The molecule has 0 unspecified atom stereocenters. The fourth-order valence-corrected chi connectivity index (χ4v) is 3.40. The van der Waals surface area contributed by atoms with Gasteiger partial charge in [-0.2, -0.15) is 0 Å². The van der Waals surface area contributed by atoms with E-state index < -0.39 is 0 Å². The van der Waals surface area contributed by atoms with Crippen molar-refractivity contribution in [2.75, 3.05) is 37.7 Å². The maximum Gasteiger partial charge on any atom is 0.191 e. The number of hydrogen-bond acceptors (Lipinski definition) is 4. The number of aromatic nitrogens is 1. The van der Waals surface area contributed by atoms with Gasteiger partial charge >= 0.3 is 0 Å². The van der Waals surface area contributed by atoms with Gasteiger partial charge in [-0.1, -0.05) is 36.4 Å². The van der Waals surface area contributed by atoms with Crippen LogP contribution in [0.15, 0.2) is 53.7 Å². The standard InChI is InChI=1S/C23H33N5O/c1-3-24-23(25-13-16-29-18-20-7-5-4-6-8-20)27-21-11-14-28(15-12-21)22-10-9-19(2)17-26-22/h4-10,17,21H,3,11-16,18H2,1-2H3,(H2,24,25,27). The minimum Gasteiger partial charge on any atom is -0.375 e. The Morgan fingerprint density at radius 3 is 2.66 bits per heavy atom. The number of piperidine rings is 1. The summed E-state index contributed by atoms with van der Waals surface area (Å²) in [5.41, 5.74) is 2.39. The third-order valence-corrected chi connectivity index (χ3v) is 5.02. The molecule has 3 rings (SSSR count). The van der Waals surface area contributed by atoms with Gasteiger partial charge in [0.25, 0.3) is 0 Å². The lowest BCUT2D eigenvalue weighted by atomic mass is 10.1. The van der Waals surface area contributed by atoms with Crippen molar-refractivity contribution in [2.24, 2.45) is 4.99 Å². The zero-order chi connectivity index (χ0) is 20.3. The first-order chi connectivity index (χ1) is 14.2. The van der Waals surface area contributed by atoms with Gasteiger partial charge in [0.2, 0.25) is 0 Å². The number of ether oxygens (including phenoxy) is 1. The minimum atomic E-state index is 0.430. The summed E-state index contributed by atoms with van der Waals surface area (Å²) in [7, 11) is 0. The Morgan fingerprint density at radius 1 is 1.17 bits per heavy atom. The van der Waals surface area contributed by atoms with Crippen LogP contribution in [-0.2, 0) is 11.3 Å². The third-order valence-electron chi connectivity index (χ3n) is 5.02. The van der Waals surface area contributed by atoms with Crippen LogP contribution >= 0.6 is 0 Å². The molecular weight excluding hydrogens is 362 g/mol. The highest BCUT2D eigenvalue weighted by atomic mass is 16.5. The number of aryl methyl sites for hydroxylation is 1. The van der Waals surface area contributed by atoms with Gasteiger partial charge < -0.3 is 20.3 Å². The fraction of sp³-hybridized carbons (Fsp3) is 0.478. The van der Waals surface area contributed by atoms with E-state index >= 15 is 0 Å². The van der Waals surface area contributed by atoms with Crippen LogP contribution in [0.4, 0.5) is 5.82 Å². The van der Waals surface area contributed by atoms with Crippen molar-refractivity contribution in [3.8, 4) is 0 Å². The Bertz CT molecular complexity index is 740. The van der Waals surface area contributed by atoms with E-state index in [9.17, 15) is 0 Å². The molecule has 0 saturated carbocycles. The molecule has 1 aliphatic rings. The maximum absolute atomic E-state index is 5.73. The molecule has 0 aliphatic carbocycles. The molecule has 1 aromatic carbocycles. The third kappa shape index (κ3) is 7.06. The lowest BCUT2D eigenvalue weighted by molar-refractivity contribution is 0.128. The number of aliphatic imine (C=N–C) groups is 1. The van der Waals surface area contributed by atoms with E-state index in [-0.39, 0.29) is 0 Å². The van der Waals surface area contributed by atoms with Crippen LogP contribution in [-0.4, -0.2) is 49.8 Å². The van der Waals surface area contributed by atoms with E-state index in [0.29, 0.717) is 25.8 Å². The van der Waals surface area contributed by atoms with Crippen LogP contribution < -0.4 is 15.5 Å². The van der Waals surface area contributed by atoms with Crippen LogP contribution in [0, 0.1) is 6.92 Å². The second-order valence-corrected chi connectivity index (χ2v) is 7.40. The largest absolute Gasteiger partial charge is 0.375 e. The highest BCUT2D eigenvalue weighted by molar-refractivity contribution is 5.80. The van der Waals surface area contributed by atoms with Crippen molar-refractivity contribution in [1.29, 1.82) is 0 Å². The van der Waals surface area contributed by atoms with E-state index in [4.69, 9.17) is 4.74 Å². The van der Waals surface area contributed by atoms with Gasteiger partial charge in [-0.15, -0.1) is 0 Å². The van der Waals surface area contributed by atoms with E-state index in [1.54, 1.807) is 0 Å². The Kier molecular flexibility index (Phi) is 8.31. The van der Waals surface area contributed by atoms with Crippen LogP contribution in [0.2, 0.25) is 0 Å². The molecule has 0 amide bonds. The molecule has 1 fully saturated rings. The van der Waals surface area contributed by atoms with Gasteiger partial charge in [0.05, 0.1) is 19.8 Å². The smallest absolute Gasteiger partial charge is 0.191 e. The highest BCUT2D eigenvalue weighted by Gasteiger charge is 2.20. The number of rotatable bonds is 8. The minimum absolute atomic E-state index is 0.430. The number of hydrogen-bond donors (Lipinski definition) is 2. The average Bonchev–Trinajstić information content (AvgIpc) is 2.75. The SMILES string of the molecule is CCNC(=NCCOCc1ccccc1)NC1CCN(c2ccc(C)cn2)CC1. The first-order valence-electron chi connectivity index (χ1n) is 10.6. The van der Waals surface area contributed by atoms with Crippen LogP contribution in [0.3, 0.4) is 0 Å². The molecule has 2 N–H and O–H groups in total. The van der Waals surface area contributed by atoms with Crippen molar-refractivity contribution >= 4 is 11.8 Å². The van der Waals surface area contributed by atoms with E-state index in [1.807, 2.05) is 24.4 Å². The molecule has 1 aliphatic heterocycles. The molecule has 0 bridgehead atoms. The first kappa shape index (κ1) is 21.1. The van der Waals surface area contributed by atoms with Crippen LogP contribution in [0.5, 0.6) is 0 Å². The number of benzene rings is 1. The Labute approximate surface area is 174 Å². The van der Waals surface area contributed by atoms with Crippen molar-refractivity contribution in [3.63, 3.8) is 0 Å². The normalized spacial score (nSPS) is 15.4. The molecule has 0 radical (unpaired) electrons. The fourth-order valence-electron chi connectivity index (χ4n) is 3.40. The molecule has 6 heteroatoms. The number of nitrogens with one attached hydrogen (secondary N) is 2. The second kappa shape index (κ2) is 11.4. The highest BCUT2D eigenvalue weighted by Crippen LogP contribution is 2.18. The molecule has 2 aromatic rings. The summed E-state index contributed by atoms with van der Waals surface area (Å²) < 4.78 is 5.73. The van der Waals surface area contributed by atoms with Gasteiger partial charge in [0.1, 0.15) is 5.82 Å². The molecule has 0 atom stereocenters. The van der Waals surface area contributed by atoms with Gasteiger partial charge in [-0.05, 0) is 43.9 Å². The van der Waals surface area contributed by atoms with Gasteiger partial charge in [-0.25, -0.2) is 4.98 Å². The quantitative estimate of drug-likeness (QED) is 0.409. The first-order valence-corrected chi connectivity index (χ1v) is 10.6. The van der Waals surface area contributed by atoms with Crippen molar-refractivity contribution in [2.45, 2.75) is 39.3 Å². The zero-order valence-corrected chi connectivity index (χ0v) is 17.6. The second-order valence-electron chi connectivity index (χ2n) is 7.40. The molecule has 1 aromatic heterocycles. The van der Waals surface area contributed by atoms with Gasteiger partial charge in [-0.3, -0.25) is 4.99 Å². The Hall–Kier alpha value is -2.60. The topological polar surface area (TPSA) is 61.8 Å². The van der Waals surface area contributed by atoms with E-state index in [1.165, 1.54) is 11.1 Å². The van der Waals surface area contributed by atoms with Crippen LogP contribution in [0.25, 0.3) is 0 Å². The Balaban J connectivity index is 1.40. The summed E-state index contributed by atoms with van der Waals surface area (Å²) >= 11 is 0. The van der Waals surface area contributed by atoms with Crippen molar-refractivity contribution in [3.05, 3.63) is 59.8 Å². The molecule has 1 saturated heterocycles. The summed E-state index contributed by atoms with van der Waals surface area (Å²) in [5.74, 6) is 1.95. The number of guanidine groups is 1. The van der Waals surface area contributed by atoms with Gasteiger partial charge in [0.15, 0.2) is 5.96 Å².